The van der Waals surface area contributed by atoms with Crippen LogP contribution in [-0.4, -0.2) is 0 Å². The predicted molar refractivity (Wildman–Crippen MR) is 102 cm³/mol. The fraction of sp³-hybridized carbons (Fsp3) is 0.0909. The minimum Gasteiger partial charge on any atom is -0.134 e. The van der Waals surface area contributed by atoms with Crippen molar-refractivity contribution in [3.8, 4) is 20.9 Å². The Bertz CT molecular complexity index is 878. The highest BCUT2D eigenvalue weighted by molar-refractivity contribution is 7.21. The van der Waals surface area contributed by atoms with E-state index in [0.717, 1.165) is 0 Å². The highest BCUT2D eigenvalue weighted by Crippen LogP contribution is 2.43. The molecule has 1 heteroatoms. The smallest absolute Gasteiger partial charge is 0.0428 e. The van der Waals surface area contributed by atoms with Gasteiger partial charge in [-0.25, -0.2) is 0 Å². The molecule has 4 aromatic rings. The van der Waals surface area contributed by atoms with Crippen molar-refractivity contribution in [1.29, 1.82) is 0 Å². The molecule has 0 saturated carbocycles. The Morgan fingerprint density at radius 3 is 1.30 bits per heavy atom. The van der Waals surface area contributed by atoms with Crippen molar-refractivity contribution in [2.75, 3.05) is 0 Å². The highest BCUT2D eigenvalue weighted by Gasteiger charge is 2.13. The molecule has 0 radical (unpaired) electrons. The van der Waals surface area contributed by atoms with Crippen molar-refractivity contribution in [1.82, 2.24) is 0 Å². The maximum absolute atomic E-state index is 2.23. The third-order valence-corrected chi connectivity index (χ3v) is 5.57. The van der Waals surface area contributed by atoms with E-state index in [-0.39, 0.29) is 0 Å². The van der Waals surface area contributed by atoms with Crippen LogP contribution in [0.4, 0.5) is 0 Å². The molecule has 0 aliphatic heterocycles. The van der Waals surface area contributed by atoms with E-state index < -0.39 is 0 Å². The second-order valence-corrected chi connectivity index (χ2v) is 7.06. The van der Waals surface area contributed by atoms with E-state index in [4.69, 9.17) is 0 Å². The maximum atomic E-state index is 2.23. The van der Waals surface area contributed by atoms with Gasteiger partial charge in [0.2, 0.25) is 0 Å². The number of rotatable bonds is 2. The van der Waals surface area contributed by atoms with Gasteiger partial charge in [-0.1, -0.05) is 83.9 Å². The minimum atomic E-state index is 1.30. The van der Waals surface area contributed by atoms with Crippen LogP contribution in [0.2, 0.25) is 0 Å². The lowest BCUT2D eigenvalue weighted by molar-refractivity contribution is 1.48. The predicted octanol–water partition coefficient (Wildman–Crippen LogP) is 6.85. The SMILES string of the molecule is Cc1ccc(-c2sc(-c3ccc(C)cc3)c3ccccc23)cc1. The number of benzene rings is 3. The number of hydrogen-bond acceptors (Lipinski definition) is 1. The van der Waals surface area contributed by atoms with E-state index in [2.05, 4.69) is 86.6 Å². The molecule has 0 amide bonds. The summed E-state index contributed by atoms with van der Waals surface area (Å²) in [6.07, 6.45) is 0. The lowest BCUT2D eigenvalue weighted by Gasteiger charge is -2.00. The second kappa shape index (κ2) is 5.68. The Morgan fingerprint density at radius 1 is 0.522 bits per heavy atom. The minimum absolute atomic E-state index is 1.30. The quantitative estimate of drug-likeness (QED) is 0.379. The van der Waals surface area contributed by atoms with E-state index in [1.165, 1.54) is 42.8 Å². The molecular formula is C22H18S. The zero-order chi connectivity index (χ0) is 15.8. The summed E-state index contributed by atoms with van der Waals surface area (Å²) in [4.78, 5) is 2.72. The van der Waals surface area contributed by atoms with Crippen LogP contribution in [0.25, 0.3) is 31.7 Å². The van der Waals surface area contributed by atoms with Crippen molar-refractivity contribution in [3.05, 3.63) is 83.9 Å². The van der Waals surface area contributed by atoms with E-state index in [9.17, 15) is 0 Å². The molecule has 0 fully saturated rings. The Labute approximate surface area is 141 Å². The summed E-state index contributed by atoms with van der Waals surface area (Å²) in [5.74, 6) is 0. The van der Waals surface area contributed by atoms with E-state index in [1.807, 2.05) is 11.3 Å². The molecule has 0 spiro atoms. The summed E-state index contributed by atoms with van der Waals surface area (Å²) in [5, 5.41) is 2.69. The van der Waals surface area contributed by atoms with Crippen molar-refractivity contribution in [2.24, 2.45) is 0 Å². The first-order chi connectivity index (χ1) is 11.2. The summed E-state index contributed by atoms with van der Waals surface area (Å²) < 4.78 is 0. The van der Waals surface area contributed by atoms with Crippen molar-refractivity contribution in [2.45, 2.75) is 13.8 Å². The van der Waals surface area contributed by atoms with Crippen LogP contribution in [0.3, 0.4) is 0 Å². The number of thiophene rings is 1. The van der Waals surface area contributed by atoms with Gasteiger partial charge < -0.3 is 0 Å². The van der Waals surface area contributed by atoms with Crippen LogP contribution in [0.15, 0.2) is 72.8 Å². The number of fused-ring (bicyclic) bond motifs is 1. The highest BCUT2D eigenvalue weighted by atomic mass is 32.1. The van der Waals surface area contributed by atoms with Crippen LogP contribution in [0.5, 0.6) is 0 Å². The van der Waals surface area contributed by atoms with Gasteiger partial charge in [0.05, 0.1) is 0 Å². The summed E-state index contributed by atoms with van der Waals surface area (Å²) in [6.45, 7) is 4.27. The molecule has 112 valence electrons. The molecule has 1 aromatic heterocycles. The Morgan fingerprint density at radius 2 is 0.913 bits per heavy atom. The molecule has 0 unspecified atom stereocenters. The fourth-order valence-electron chi connectivity index (χ4n) is 2.93. The summed E-state index contributed by atoms with van der Waals surface area (Å²) in [6, 6.07) is 26.4. The summed E-state index contributed by atoms with van der Waals surface area (Å²) in [5.41, 5.74) is 5.20. The molecule has 0 bridgehead atoms. The number of hydrogen-bond donors (Lipinski definition) is 0. The van der Waals surface area contributed by atoms with Crippen LogP contribution in [0.1, 0.15) is 11.1 Å². The average Bonchev–Trinajstić information content (AvgIpc) is 2.96. The van der Waals surface area contributed by atoms with Gasteiger partial charge in [0.15, 0.2) is 0 Å². The fourth-order valence-corrected chi connectivity index (χ4v) is 4.22. The normalized spacial score (nSPS) is 11.0. The summed E-state index contributed by atoms with van der Waals surface area (Å²) in [7, 11) is 0. The molecule has 23 heavy (non-hydrogen) atoms. The second-order valence-electron chi connectivity index (χ2n) is 6.04. The van der Waals surface area contributed by atoms with Gasteiger partial charge in [-0.05, 0) is 25.0 Å². The lowest BCUT2D eigenvalue weighted by Crippen LogP contribution is -1.75. The number of aryl methyl sites for hydroxylation is 2. The van der Waals surface area contributed by atoms with Gasteiger partial charge in [0.1, 0.15) is 0 Å². The maximum Gasteiger partial charge on any atom is 0.0428 e. The van der Waals surface area contributed by atoms with Gasteiger partial charge in [-0.15, -0.1) is 11.3 Å². The van der Waals surface area contributed by atoms with Crippen LogP contribution in [0, 0.1) is 13.8 Å². The van der Waals surface area contributed by atoms with Gasteiger partial charge >= 0.3 is 0 Å². The first-order valence-corrected chi connectivity index (χ1v) is 8.69. The van der Waals surface area contributed by atoms with Gasteiger partial charge in [-0.3, -0.25) is 0 Å². The molecule has 0 aliphatic carbocycles. The average molecular weight is 314 g/mol. The van der Waals surface area contributed by atoms with Gasteiger partial charge in [0, 0.05) is 20.5 Å². The summed E-state index contributed by atoms with van der Waals surface area (Å²) >= 11 is 1.89. The molecule has 0 saturated heterocycles. The van der Waals surface area contributed by atoms with Crippen molar-refractivity contribution < 1.29 is 0 Å². The van der Waals surface area contributed by atoms with Crippen molar-refractivity contribution >= 4 is 22.1 Å². The molecule has 0 atom stereocenters. The van der Waals surface area contributed by atoms with Crippen LogP contribution in [-0.2, 0) is 0 Å². The Balaban J connectivity index is 1.96. The largest absolute Gasteiger partial charge is 0.134 e. The third kappa shape index (κ3) is 2.58. The molecule has 4 rings (SSSR count). The Kier molecular flexibility index (Phi) is 3.51. The molecule has 0 nitrogen and oxygen atoms in total. The molecule has 1 heterocycles. The van der Waals surface area contributed by atoms with E-state index in [1.54, 1.807) is 0 Å². The molecule has 0 aliphatic rings. The molecule has 3 aromatic carbocycles. The first-order valence-electron chi connectivity index (χ1n) is 7.88. The van der Waals surface area contributed by atoms with Gasteiger partial charge in [-0.2, -0.15) is 0 Å². The molecule has 0 N–H and O–H groups in total. The zero-order valence-electron chi connectivity index (χ0n) is 13.3. The zero-order valence-corrected chi connectivity index (χ0v) is 14.2. The first kappa shape index (κ1) is 14.2. The molecular weight excluding hydrogens is 296 g/mol. The van der Waals surface area contributed by atoms with Crippen LogP contribution < -0.4 is 0 Å². The van der Waals surface area contributed by atoms with E-state index in [0.29, 0.717) is 0 Å². The topological polar surface area (TPSA) is 0 Å². The van der Waals surface area contributed by atoms with E-state index >= 15 is 0 Å². The third-order valence-electron chi connectivity index (χ3n) is 4.25. The monoisotopic (exact) mass is 314 g/mol. The van der Waals surface area contributed by atoms with Crippen LogP contribution >= 0.6 is 11.3 Å². The lowest BCUT2D eigenvalue weighted by atomic mass is 10.0. The van der Waals surface area contributed by atoms with Crippen molar-refractivity contribution in [3.63, 3.8) is 0 Å². The van der Waals surface area contributed by atoms with Gasteiger partial charge in [0.25, 0.3) is 0 Å². The Hall–Kier alpha value is -2.38. The standard InChI is InChI=1S/C22H18S/c1-15-7-11-17(12-8-15)21-19-5-3-4-6-20(19)22(23-21)18-13-9-16(2)10-14-18/h3-14H,1-2H3.